The number of phosphoric ester groups is 2. The number of rotatable bonds is 77. The number of aliphatic hydroxyl groups excluding tert-OH is 7. The summed E-state index contributed by atoms with van der Waals surface area (Å²) in [6, 6.07) is -5.14. The average Bonchev–Trinajstić information content (AvgIpc) is 0.778. The van der Waals surface area contributed by atoms with Crippen molar-refractivity contribution in [1.29, 1.82) is 0 Å². The molecule has 0 aromatic carbocycles. The Balaban J connectivity index is 2.17. The van der Waals surface area contributed by atoms with Gasteiger partial charge in [0, 0.05) is 6.42 Å². The summed E-state index contributed by atoms with van der Waals surface area (Å²) in [5.74, 6) is -4.68. The van der Waals surface area contributed by atoms with E-state index in [2.05, 4.69) is 45.3 Å². The third-order valence-corrected chi connectivity index (χ3v) is 24.8. The molecule has 0 saturated carbocycles. The molecule has 14 N–H and O–H groups in total. The number of carbonyl (C=O) groups is 5. The first-order chi connectivity index (χ1) is 58.2. The van der Waals surface area contributed by atoms with Crippen LogP contribution in [0, 0.1) is 0 Å². The Morgan fingerprint density at radius 1 is 0.397 bits per heavy atom. The molecule has 3 aliphatic rings. The minimum absolute atomic E-state index is 0.0756. The van der Waals surface area contributed by atoms with Gasteiger partial charge < -0.3 is 100.0 Å². The molecule has 3 rings (SSSR count). The summed E-state index contributed by atoms with van der Waals surface area (Å²) in [7, 11) is -11.4. The molecule has 3 heterocycles. The van der Waals surface area contributed by atoms with Crippen molar-refractivity contribution in [2.45, 2.75) is 517 Å². The van der Waals surface area contributed by atoms with Crippen molar-refractivity contribution in [1.82, 2.24) is 10.6 Å². The average molecular weight is 1780 g/mol. The number of hydrogen-bond acceptors (Lipinski definition) is 25. The van der Waals surface area contributed by atoms with Crippen LogP contribution in [0.15, 0.2) is 0 Å². The summed E-state index contributed by atoms with van der Waals surface area (Å²) in [6.07, 6.45) is 20.1. The number of carbonyl (C=O) groups excluding carboxylic acids is 5. The van der Waals surface area contributed by atoms with E-state index in [1.165, 1.54) is 44.9 Å². The molecule has 0 radical (unpaired) electrons. The Hall–Kier alpha value is -2.91. The van der Waals surface area contributed by atoms with Crippen LogP contribution in [0.5, 0.6) is 0 Å². The third-order valence-electron chi connectivity index (χ3n) is 23.3. The molecule has 19 atom stereocenters. The van der Waals surface area contributed by atoms with Gasteiger partial charge in [-0.2, -0.15) is 0 Å². The van der Waals surface area contributed by atoms with Crippen LogP contribution < -0.4 is 16.4 Å². The van der Waals surface area contributed by atoms with Gasteiger partial charge in [-0.3, -0.25) is 37.5 Å². The molecule has 0 aromatic heterocycles. The molecule has 3 aliphatic heterocycles. The Labute approximate surface area is 725 Å². The summed E-state index contributed by atoms with van der Waals surface area (Å²) in [4.78, 5) is 105. The topological polar surface area (TPSA) is 464 Å². The Morgan fingerprint density at radius 2 is 0.744 bits per heavy atom. The molecule has 2 amide bonds. The fourth-order valence-electron chi connectivity index (χ4n) is 16.1. The second-order valence-corrected chi connectivity index (χ2v) is 37.2. The lowest BCUT2D eigenvalue weighted by Crippen LogP contribution is -2.68. The zero-order valence-corrected chi connectivity index (χ0v) is 76.7. The zero-order chi connectivity index (χ0) is 88.9. The van der Waals surface area contributed by atoms with E-state index in [1.807, 2.05) is 0 Å². The standard InChI is InChI=1S/C89H169N3O27P2/c1-6-11-16-21-26-31-32-33-34-39-44-49-54-59-76(99)112-70(58-53-48-43-38-30-25-20-15-10-5)63-75(98)92-79-85(115-77(100)61-68(95)56-51-46-41-36-28-23-18-13-8-3)82(103)73(114-88(79)118-121(108,109)119-89-83(104)81(102)71(90)65-110-89)66-111-87-80(91-74(97)60-67(94)55-50-45-40-35-27-22-17-12-7-2)86(84(72(64-93)113-87)117-120(105,106)107)116-78(101)62-69(96)57-52-47-42-37-29-24-19-14-9-4/h67-73,79-89,93-96,102-104H,6-66,90H2,1-5H3,(H,91,97)(H,92,98)(H,108,109)(H2,105,106,107)/t67-,68-,69-,70-,71+,72-,73-,79-,80-,81+,82-,83-,84-,85-,86-,87-,88-,89-/m1/s1. The smallest absolute Gasteiger partial charge is 0.462 e. The highest BCUT2D eigenvalue weighted by Crippen LogP contribution is 2.50. The van der Waals surface area contributed by atoms with Gasteiger partial charge in [-0.05, 0) is 38.5 Å². The van der Waals surface area contributed by atoms with Crippen LogP contribution >= 0.6 is 15.6 Å². The number of ether oxygens (including phenoxy) is 7. The maximum absolute atomic E-state index is 15.0. The summed E-state index contributed by atoms with van der Waals surface area (Å²) >= 11 is 0. The van der Waals surface area contributed by atoms with E-state index < -0.39 is 201 Å². The van der Waals surface area contributed by atoms with E-state index in [0.717, 1.165) is 238 Å². The molecule has 712 valence electrons. The van der Waals surface area contributed by atoms with Crippen LogP contribution in [0.1, 0.15) is 407 Å². The van der Waals surface area contributed by atoms with E-state index in [-0.39, 0.29) is 32.1 Å². The molecule has 0 aliphatic carbocycles. The minimum atomic E-state index is -5.80. The predicted octanol–water partition coefficient (Wildman–Crippen LogP) is 15.3. The van der Waals surface area contributed by atoms with Gasteiger partial charge in [0.05, 0.1) is 69.9 Å². The molecular weight excluding hydrogens is 1600 g/mol. The fraction of sp³-hybridized carbons (Fsp3) is 0.944. The summed E-state index contributed by atoms with van der Waals surface area (Å²) in [6.45, 7) is 8.14. The molecule has 0 spiro atoms. The lowest BCUT2D eigenvalue weighted by molar-refractivity contribution is -0.298. The number of nitrogens with two attached hydrogens (primary N) is 1. The van der Waals surface area contributed by atoms with Crippen molar-refractivity contribution in [2.24, 2.45) is 5.73 Å². The van der Waals surface area contributed by atoms with Crippen molar-refractivity contribution >= 4 is 45.4 Å². The fourth-order valence-corrected chi connectivity index (χ4v) is 17.6. The second kappa shape index (κ2) is 69.1. The number of unbranched alkanes of at least 4 members (excludes halogenated alkanes) is 44. The Bertz CT molecular complexity index is 2730. The highest BCUT2D eigenvalue weighted by molar-refractivity contribution is 7.47. The van der Waals surface area contributed by atoms with Gasteiger partial charge in [-0.1, -0.05) is 336 Å². The lowest BCUT2D eigenvalue weighted by atomic mass is 9.95. The van der Waals surface area contributed by atoms with E-state index in [0.29, 0.717) is 32.1 Å². The molecule has 32 heteroatoms. The molecule has 0 bridgehead atoms. The maximum Gasteiger partial charge on any atom is 0.477 e. The predicted molar refractivity (Wildman–Crippen MR) is 463 cm³/mol. The first-order valence-electron chi connectivity index (χ1n) is 47.8. The molecule has 3 saturated heterocycles. The maximum atomic E-state index is 15.0. The van der Waals surface area contributed by atoms with Gasteiger partial charge in [0.25, 0.3) is 0 Å². The summed E-state index contributed by atoms with van der Waals surface area (Å²) in [5, 5.41) is 84.8. The first-order valence-corrected chi connectivity index (χ1v) is 50.8. The Kier molecular flexibility index (Phi) is 64.1. The summed E-state index contributed by atoms with van der Waals surface area (Å²) < 4.78 is 86.2. The number of aliphatic hydroxyl groups is 7. The van der Waals surface area contributed by atoms with Crippen LogP contribution in [-0.2, 0) is 79.8 Å². The van der Waals surface area contributed by atoms with Crippen LogP contribution in [0.25, 0.3) is 0 Å². The highest BCUT2D eigenvalue weighted by atomic mass is 31.2. The van der Waals surface area contributed by atoms with Crippen LogP contribution in [0.3, 0.4) is 0 Å². The van der Waals surface area contributed by atoms with Gasteiger partial charge in [-0.25, -0.2) is 9.13 Å². The molecular formula is C89H169N3O27P2. The second-order valence-electron chi connectivity index (χ2n) is 34.6. The minimum Gasteiger partial charge on any atom is -0.462 e. The number of amides is 2. The van der Waals surface area contributed by atoms with Gasteiger partial charge >= 0.3 is 33.6 Å². The molecule has 0 aromatic rings. The van der Waals surface area contributed by atoms with Crippen molar-refractivity contribution in [3.8, 4) is 0 Å². The van der Waals surface area contributed by atoms with Gasteiger partial charge in [0.15, 0.2) is 31.1 Å². The van der Waals surface area contributed by atoms with Gasteiger partial charge in [-0.15, -0.1) is 0 Å². The van der Waals surface area contributed by atoms with Crippen LogP contribution in [0.4, 0.5) is 0 Å². The van der Waals surface area contributed by atoms with Crippen molar-refractivity contribution < 1.29 is 130 Å². The molecule has 121 heavy (non-hydrogen) atoms. The van der Waals surface area contributed by atoms with E-state index in [1.54, 1.807) is 0 Å². The van der Waals surface area contributed by atoms with E-state index in [9.17, 15) is 83.5 Å². The number of phosphoric acid groups is 2. The van der Waals surface area contributed by atoms with E-state index in [4.69, 9.17) is 52.5 Å². The summed E-state index contributed by atoms with van der Waals surface area (Å²) in [5.41, 5.74) is 5.92. The molecule has 3 fully saturated rings. The van der Waals surface area contributed by atoms with Crippen molar-refractivity contribution in [2.75, 3.05) is 19.8 Å². The number of hydrogen-bond donors (Lipinski definition) is 13. The van der Waals surface area contributed by atoms with Crippen molar-refractivity contribution in [3.05, 3.63) is 0 Å². The lowest BCUT2D eigenvalue weighted by Gasteiger charge is -2.47. The normalized spacial score (nSPS) is 24.2. The monoisotopic (exact) mass is 1770 g/mol. The number of esters is 3. The SMILES string of the molecule is CCCCCCCCCCCCCCCC(=O)O[C@H](CCCCCCCCCCC)CC(=O)N[C@H]1[C@@H](OP(=O)(O)O[C@H]2OC[C@H](N)[C@H](O)[C@H]2O)O[C@H](CO[C@@H]2O[C@H](CO)[C@@H](OP(=O)(O)O)[C@H](OC(=O)C[C@H](O)CCCCCCCCCCC)[C@H]2NC(=O)C[C@H](O)CCCCCCCCCCC)[C@@H](O)[C@@H]1OC(=O)C[C@H](O)CCCCCCCCCCC. The first kappa shape index (κ1) is 112. The molecule has 30 nitrogen and oxygen atoms in total. The van der Waals surface area contributed by atoms with E-state index >= 15 is 0 Å². The largest absolute Gasteiger partial charge is 0.477 e. The van der Waals surface area contributed by atoms with Crippen LogP contribution in [-0.4, -0.2) is 210 Å². The zero-order valence-electron chi connectivity index (χ0n) is 74.9. The quantitative estimate of drug-likeness (QED) is 0.0116. The van der Waals surface area contributed by atoms with Crippen LogP contribution in [0.2, 0.25) is 0 Å². The third kappa shape index (κ3) is 53.0. The van der Waals surface area contributed by atoms with Gasteiger partial charge in [0.1, 0.15) is 54.8 Å². The number of nitrogens with one attached hydrogen (secondary N) is 2. The van der Waals surface area contributed by atoms with Gasteiger partial charge in [0.2, 0.25) is 11.8 Å². The molecule has 1 unspecified atom stereocenters. The highest BCUT2D eigenvalue weighted by Gasteiger charge is 2.56. The van der Waals surface area contributed by atoms with Crippen molar-refractivity contribution in [3.63, 3.8) is 0 Å². The Morgan fingerprint density at radius 3 is 1.15 bits per heavy atom.